The molecule has 1 aliphatic rings. The van der Waals surface area contributed by atoms with Gasteiger partial charge in [-0.2, -0.15) is 9.49 Å². The van der Waals surface area contributed by atoms with E-state index in [1.165, 1.54) is 17.2 Å². The molecule has 3 aromatic rings. The fourth-order valence-corrected chi connectivity index (χ4v) is 5.02. The molecular formula is C30H39FN6O3. The maximum atomic E-state index is 13.4. The molecule has 214 valence electrons. The Bertz CT molecular complexity index is 1270. The zero-order valence-electron chi connectivity index (χ0n) is 23.5. The summed E-state index contributed by atoms with van der Waals surface area (Å²) in [4.78, 5) is 31.6. The van der Waals surface area contributed by atoms with Crippen LogP contribution < -0.4 is 15.4 Å². The number of aryl methyl sites for hydroxylation is 2. The lowest BCUT2D eigenvalue weighted by Gasteiger charge is -2.30. The van der Waals surface area contributed by atoms with Crippen molar-refractivity contribution in [1.29, 1.82) is 0 Å². The Kier molecular flexibility index (Phi) is 10.1. The minimum Gasteiger partial charge on any atom is -0.492 e. The third-order valence-corrected chi connectivity index (χ3v) is 7.46. The minimum absolute atomic E-state index is 0.0569. The van der Waals surface area contributed by atoms with Crippen molar-refractivity contribution in [3.05, 3.63) is 66.0 Å². The van der Waals surface area contributed by atoms with Crippen molar-refractivity contribution in [1.82, 2.24) is 19.7 Å². The highest BCUT2D eigenvalue weighted by atomic mass is 19.1. The summed E-state index contributed by atoms with van der Waals surface area (Å²) in [5.41, 5.74) is 2.98. The van der Waals surface area contributed by atoms with Gasteiger partial charge in [0.1, 0.15) is 18.9 Å². The van der Waals surface area contributed by atoms with Gasteiger partial charge in [0.15, 0.2) is 0 Å². The number of nitrogens with one attached hydrogen (secondary N) is 2. The Hall–Kier alpha value is -3.95. The van der Waals surface area contributed by atoms with E-state index in [1.807, 2.05) is 31.2 Å². The molecule has 40 heavy (non-hydrogen) atoms. The quantitative estimate of drug-likeness (QED) is 0.314. The average molecular weight is 551 g/mol. The predicted octanol–water partition coefficient (Wildman–Crippen LogP) is 4.82. The average Bonchev–Trinajstić information content (AvgIpc) is 3.37. The first-order valence-corrected chi connectivity index (χ1v) is 13.9. The Balaban J connectivity index is 1.30. The molecule has 1 unspecified atom stereocenters. The first-order valence-electron chi connectivity index (χ1n) is 13.9. The molecule has 1 saturated carbocycles. The number of hydrogen-bond donors (Lipinski definition) is 2. The summed E-state index contributed by atoms with van der Waals surface area (Å²) in [6.45, 7) is 5.06. The summed E-state index contributed by atoms with van der Waals surface area (Å²) in [5.74, 6) is 0.0215. The standard InChI is InChI=1S/C30H39FN6O3/c1-21-9-11-25(12-10-21)40-16-15-36(3)29(38)20-37-19-24(17-33-37)35-30(39)26(23-7-5-4-6-8-23)18-32-27-13-14-28(31)34-22(27)2/h9-14,17,19,23,26,32H,4-8,15-16,18,20H2,1-3H3,(H,35,39). The molecule has 0 bridgehead atoms. The lowest BCUT2D eigenvalue weighted by atomic mass is 9.79. The highest BCUT2D eigenvalue weighted by molar-refractivity contribution is 5.93. The van der Waals surface area contributed by atoms with Crippen molar-refractivity contribution in [2.24, 2.45) is 11.8 Å². The summed E-state index contributed by atoms with van der Waals surface area (Å²) < 4.78 is 20.7. The molecule has 2 heterocycles. The fraction of sp³-hybridized carbons (Fsp3) is 0.467. The first-order chi connectivity index (χ1) is 19.3. The molecule has 0 saturated heterocycles. The topological polar surface area (TPSA) is 101 Å². The molecule has 1 aliphatic carbocycles. The molecule has 1 atom stereocenters. The van der Waals surface area contributed by atoms with Crippen molar-refractivity contribution in [2.45, 2.75) is 52.5 Å². The number of nitrogens with zero attached hydrogens (tertiary/aromatic N) is 4. The lowest BCUT2D eigenvalue weighted by Crippen LogP contribution is -2.35. The first kappa shape index (κ1) is 29.0. The van der Waals surface area contributed by atoms with Crippen LogP contribution in [0.25, 0.3) is 0 Å². The van der Waals surface area contributed by atoms with Crippen LogP contribution in [0.2, 0.25) is 0 Å². The number of amides is 2. The largest absolute Gasteiger partial charge is 0.492 e. The molecule has 9 nitrogen and oxygen atoms in total. The van der Waals surface area contributed by atoms with Gasteiger partial charge in [-0.15, -0.1) is 0 Å². The molecule has 2 aromatic heterocycles. The normalized spacial score (nSPS) is 14.4. The number of rotatable bonds is 12. The second kappa shape index (κ2) is 13.9. The minimum atomic E-state index is -0.526. The van der Waals surface area contributed by atoms with Gasteiger partial charge in [-0.05, 0) is 56.9 Å². The number of carbonyl (C=O) groups is 2. The van der Waals surface area contributed by atoms with Gasteiger partial charge in [0.05, 0.1) is 35.7 Å². The van der Waals surface area contributed by atoms with E-state index in [4.69, 9.17) is 4.74 Å². The third-order valence-electron chi connectivity index (χ3n) is 7.46. The van der Waals surface area contributed by atoms with Gasteiger partial charge in [-0.1, -0.05) is 37.0 Å². The van der Waals surface area contributed by atoms with Crippen LogP contribution in [0, 0.1) is 31.6 Å². The third kappa shape index (κ3) is 8.27. The molecular weight excluding hydrogens is 511 g/mol. The number of aromatic nitrogens is 3. The summed E-state index contributed by atoms with van der Waals surface area (Å²) in [5, 5.41) is 10.6. The van der Waals surface area contributed by atoms with Gasteiger partial charge in [-0.3, -0.25) is 14.3 Å². The van der Waals surface area contributed by atoms with Crippen molar-refractivity contribution in [3.8, 4) is 5.75 Å². The van der Waals surface area contributed by atoms with Crippen LogP contribution in [0.5, 0.6) is 5.75 Å². The van der Waals surface area contributed by atoms with Gasteiger partial charge in [0.25, 0.3) is 0 Å². The lowest BCUT2D eigenvalue weighted by molar-refractivity contribution is -0.131. The molecule has 0 radical (unpaired) electrons. The van der Waals surface area contributed by atoms with E-state index < -0.39 is 5.95 Å². The summed E-state index contributed by atoms with van der Waals surface area (Å²) in [6, 6.07) is 10.8. The molecule has 0 aliphatic heterocycles. The number of likely N-dealkylation sites (N-methyl/N-ethyl adjacent to an activating group) is 1. The van der Waals surface area contributed by atoms with E-state index >= 15 is 0 Å². The maximum absolute atomic E-state index is 13.4. The molecule has 2 N–H and O–H groups in total. The Morgan fingerprint density at radius 3 is 2.60 bits per heavy atom. The fourth-order valence-electron chi connectivity index (χ4n) is 5.02. The van der Waals surface area contributed by atoms with Gasteiger partial charge in [-0.25, -0.2) is 4.98 Å². The van der Waals surface area contributed by atoms with Gasteiger partial charge in [0.2, 0.25) is 17.8 Å². The number of pyridine rings is 1. The second-order valence-corrected chi connectivity index (χ2v) is 10.5. The number of ether oxygens (including phenoxy) is 1. The van der Waals surface area contributed by atoms with E-state index in [-0.39, 0.29) is 30.2 Å². The molecule has 4 rings (SSSR count). The molecule has 0 spiro atoms. The number of halogens is 1. The van der Waals surface area contributed by atoms with Crippen LogP contribution >= 0.6 is 0 Å². The summed E-state index contributed by atoms with van der Waals surface area (Å²) in [7, 11) is 1.73. The number of benzene rings is 1. The SMILES string of the molecule is Cc1ccc(OCCN(C)C(=O)Cn2cc(NC(=O)C(CNc3ccc(F)nc3C)C3CCCCC3)cn2)cc1. The zero-order valence-corrected chi connectivity index (χ0v) is 23.5. The van der Waals surface area contributed by atoms with Crippen molar-refractivity contribution in [3.63, 3.8) is 0 Å². The van der Waals surface area contributed by atoms with Crippen molar-refractivity contribution < 1.29 is 18.7 Å². The van der Waals surface area contributed by atoms with E-state index in [0.717, 1.165) is 42.7 Å². The summed E-state index contributed by atoms with van der Waals surface area (Å²) >= 11 is 0. The van der Waals surface area contributed by atoms with Crippen molar-refractivity contribution in [2.75, 3.05) is 37.4 Å². The summed E-state index contributed by atoms with van der Waals surface area (Å²) in [6.07, 6.45) is 8.62. The number of anilines is 2. The Morgan fingerprint density at radius 1 is 1.12 bits per heavy atom. The van der Waals surface area contributed by atoms with Crippen LogP contribution in [0.3, 0.4) is 0 Å². The number of carbonyl (C=O) groups excluding carboxylic acids is 2. The molecule has 1 aromatic carbocycles. The second-order valence-electron chi connectivity index (χ2n) is 10.5. The highest BCUT2D eigenvalue weighted by Crippen LogP contribution is 2.31. The zero-order chi connectivity index (χ0) is 28.5. The predicted molar refractivity (Wildman–Crippen MR) is 153 cm³/mol. The van der Waals surface area contributed by atoms with Crippen LogP contribution in [-0.2, 0) is 16.1 Å². The van der Waals surface area contributed by atoms with Gasteiger partial charge in [0, 0.05) is 19.8 Å². The van der Waals surface area contributed by atoms with E-state index in [1.54, 1.807) is 37.3 Å². The van der Waals surface area contributed by atoms with E-state index in [2.05, 4.69) is 20.7 Å². The van der Waals surface area contributed by atoms with Gasteiger partial charge >= 0.3 is 0 Å². The van der Waals surface area contributed by atoms with Crippen molar-refractivity contribution >= 4 is 23.2 Å². The van der Waals surface area contributed by atoms with Crippen LogP contribution in [0.4, 0.5) is 15.8 Å². The molecule has 1 fully saturated rings. The van der Waals surface area contributed by atoms with E-state index in [9.17, 15) is 14.0 Å². The Labute approximate surface area is 235 Å². The van der Waals surface area contributed by atoms with Gasteiger partial charge < -0.3 is 20.3 Å². The maximum Gasteiger partial charge on any atom is 0.244 e. The smallest absolute Gasteiger partial charge is 0.244 e. The van der Waals surface area contributed by atoms with Crippen LogP contribution in [-0.4, -0.2) is 58.2 Å². The molecule has 10 heteroatoms. The van der Waals surface area contributed by atoms with Crippen LogP contribution in [0.1, 0.15) is 43.4 Å². The van der Waals surface area contributed by atoms with Crippen LogP contribution in [0.15, 0.2) is 48.8 Å². The monoisotopic (exact) mass is 550 g/mol. The van der Waals surface area contributed by atoms with E-state index in [0.29, 0.717) is 31.1 Å². The highest BCUT2D eigenvalue weighted by Gasteiger charge is 2.30. The molecule has 2 amide bonds. The number of hydrogen-bond acceptors (Lipinski definition) is 6. The Morgan fingerprint density at radius 2 is 1.88 bits per heavy atom.